The van der Waals surface area contributed by atoms with E-state index in [1.807, 2.05) is 54.6 Å². The molecule has 0 unspecified atom stereocenters. The van der Waals surface area contributed by atoms with Gasteiger partial charge in [-0.1, -0.05) is 66.7 Å². The van der Waals surface area contributed by atoms with Gasteiger partial charge in [-0.2, -0.15) is 0 Å². The van der Waals surface area contributed by atoms with Crippen LogP contribution in [0.15, 0.2) is 89.5 Å². The Morgan fingerprint density at radius 2 is 1.48 bits per heavy atom. The Hall–Kier alpha value is -3.46. The summed E-state index contributed by atoms with van der Waals surface area (Å²) in [7, 11) is 0. The first-order valence-electron chi connectivity index (χ1n) is 8.19. The van der Waals surface area contributed by atoms with Gasteiger partial charge in [-0.3, -0.25) is 0 Å². The zero-order valence-electron chi connectivity index (χ0n) is 13.4. The van der Waals surface area contributed by atoms with Crippen LogP contribution in [0.5, 0.6) is 0 Å². The molecular weight excluding hydrogens is 308 g/mol. The number of nitrogens with zero attached hydrogens (tertiary/aromatic N) is 2. The number of hydrogen-bond acceptors (Lipinski definition) is 3. The van der Waals surface area contributed by atoms with Crippen LogP contribution in [0, 0.1) is 0 Å². The molecule has 25 heavy (non-hydrogen) atoms. The van der Waals surface area contributed by atoms with Crippen LogP contribution in [0.2, 0.25) is 0 Å². The van der Waals surface area contributed by atoms with Crippen LogP contribution in [-0.4, -0.2) is 9.97 Å². The second kappa shape index (κ2) is 5.56. The number of fused-ring (bicyclic) bond motifs is 2. The van der Waals surface area contributed by atoms with Crippen molar-refractivity contribution in [3.63, 3.8) is 0 Å². The number of para-hydroxylation sites is 1. The van der Waals surface area contributed by atoms with E-state index in [1.54, 1.807) is 6.20 Å². The van der Waals surface area contributed by atoms with Gasteiger partial charge in [0.1, 0.15) is 5.69 Å². The number of aromatic nitrogens is 2. The van der Waals surface area contributed by atoms with Crippen LogP contribution in [0.4, 0.5) is 0 Å². The SMILES string of the molecule is c1ccc2nc(-c3ncc(-c4cccc5ccccc45)o3)ccc2c1. The highest BCUT2D eigenvalue weighted by Crippen LogP contribution is 2.31. The molecule has 0 aliphatic heterocycles. The standard InChI is InChI=1S/C22H14N2O/c1-3-9-17-15(6-1)8-5-10-18(17)21-14-23-22(25-21)20-13-12-16-7-2-4-11-19(16)24-20/h1-14H. The van der Waals surface area contributed by atoms with Crippen LogP contribution in [0.25, 0.3) is 44.6 Å². The smallest absolute Gasteiger partial charge is 0.245 e. The molecule has 0 saturated heterocycles. The quantitative estimate of drug-likeness (QED) is 0.418. The van der Waals surface area contributed by atoms with Gasteiger partial charge in [-0.15, -0.1) is 0 Å². The molecular formula is C22H14N2O. The van der Waals surface area contributed by atoms with Crippen LogP contribution in [0.1, 0.15) is 0 Å². The normalized spacial score (nSPS) is 11.2. The van der Waals surface area contributed by atoms with E-state index in [0.29, 0.717) is 5.89 Å². The maximum absolute atomic E-state index is 6.04. The molecule has 0 amide bonds. The molecule has 5 rings (SSSR count). The zero-order valence-corrected chi connectivity index (χ0v) is 13.4. The fourth-order valence-corrected chi connectivity index (χ4v) is 3.14. The van der Waals surface area contributed by atoms with E-state index in [-0.39, 0.29) is 0 Å². The van der Waals surface area contributed by atoms with Gasteiger partial charge in [0, 0.05) is 10.9 Å². The number of pyridine rings is 1. The molecule has 3 nitrogen and oxygen atoms in total. The molecule has 0 saturated carbocycles. The molecule has 2 aromatic heterocycles. The third-order valence-corrected chi connectivity index (χ3v) is 4.38. The van der Waals surface area contributed by atoms with Gasteiger partial charge in [0.05, 0.1) is 11.7 Å². The van der Waals surface area contributed by atoms with Crippen LogP contribution in [0.3, 0.4) is 0 Å². The highest BCUT2D eigenvalue weighted by Gasteiger charge is 2.12. The minimum atomic E-state index is 0.536. The van der Waals surface area contributed by atoms with E-state index in [0.717, 1.165) is 33.3 Å². The lowest BCUT2D eigenvalue weighted by Gasteiger charge is -2.03. The number of rotatable bonds is 2. The zero-order chi connectivity index (χ0) is 16.6. The van der Waals surface area contributed by atoms with E-state index in [1.165, 1.54) is 5.39 Å². The first-order valence-corrected chi connectivity index (χ1v) is 8.19. The first-order chi connectivity index (χ1) is 12.4. The van der Waals surface area contributed by atoms with Crippen molar-refractivity contribution >= 4 is 21.7 Å². The van der Waals surface area contributed by atoms with Crippen molar-refractivity contribution in [2.75, 3.05) is 0 Å². The molecule has 0 bridgehead atoms. The van der Waals surface area contributed by atoms with E-state index < -0.39 is 0 Å². The molecule has 0 spiro atoms. The molecule has 0 aliphatic carbocycles. The van der Waals surface area contributed by atoms with Crippen molar-refractivity contribution in [1.29, 1.82) is 0 Å². The molecule has 5 aromatic rings. The molecule has 3 heteroatoms. The fraction of sp³-hybridized carbons (Fsp3) is 0. The Morgan fingerprint density at radius 3 is 2.44 bits per heavy atom. The van der Waals surface area contributed by atoms with Crippen LogP contribution < -0.4 is 0 Å². The Bertz CT molecular complexity index is 1200. The predicted octanol–water partition coefficient (Wildman–Crippen LogP) is 5.71. The van der Waals surface area contributed by atoms with Gasteiger partial charge in [0.2, 0.25) is 5.89 Å². The minimum absolute atomic E-state index is 0.536. The summed E-state index contributed by atoms with van der Waals surface area (Å²) in [5.41, 5.74) is 2.72. The largest absolute Gasteiger partial charge is 0.435 e. The molecule has 118 valence electrons. The molecule has 0 fully saturated rings. The molecule has 0 aliphatic rings. The van der Waals surface area contributed by atoms with E-state index in [2.05, 4.69) is 34.2 Å². The average molecular weight is 322 g/mol. The van der Waals surface area contributed by atoms with Gasteiger partial charge in [0.25, 0.3) is 0 Å². The minimum Gasteiger partial charge on any atom is -0.435 e. The van der Waals surface area contributed by atoms with Crippen molar-refractivity contribution in [1.82, 2.24) is 9.97 Å². The summed E-state index contributed by atoms with van der Waals surface area (Å²) in [5.74, 6) is 1.29. The fourth-order valence-electron chi connectivity index (χ4n) is 3.14. The Labute approximate surface area is 144 Å². The topological polar surface area (TPSA) is 38.9 Å². The summed E-state index contributed by atoms with van der Waals surface area (Å²) in [6.45, 7) is 0. The molecule has 0 radical (unpaired) electrons. The van der Waals surface area contributed by atoms with E-state index in [9.17, 15) is 0 Å². The monoisotopic (exact) mass is 322 g/mol. The summed E-state index contributed by atoms with van der Waals surface area (Å²) >= 11 is 0. The molecule has 0 atom stereocenters. The second-order valence-corrected chi connectivity index (χ2v) is 5.95. The number of oxazole rings is 1. The third-order valence-electron chi connectivity index (χ3n) is 4.38. The molecule has 3 aromatic carbocycles. The summed E-state index contributed by atoms with van der Waals surface area (Å²) in [6, 6.07) is 26.5. The van der Waals surface area contributed by atoms with Crippen molar-refractivity contribution < 1.29 is 4.42 Å². The highest BCUT2D eigenvalue weighted by atomic mass is 16.4. The maximum atomic E-state index is 6.04. The van der Waals surface area contributed by atoms with Crippen molar-refractivity contribution in [2.45, 2.75) is 0 Å². The lowest BCUT2D eigenvalue weighted by Crippen LogP contribution is -1.84. The van der Waals surface area contributed by atoms with E-state index >= 15 is 0 Å². The second-order valence-electron chi connectivity index (χ2n) is 5.95. The Morgan fingerprint density at radius 1 is 0.680 bits per heavy atom. The van der Waals surface area contributed by atoms with Crippen molar-refractivity contribution in [3.05, 3.63) is 85.1 Å². The Kier molecular flexibility index (Phi) is 3.10. The van der Waals surface area contributed by atoms with Crippen LogP contribution in [-0.2, 0) is 0 Å². The van der Waals surface area contributed by atoms with Crippen molar-refractivity contribution in [2.24, 2.45) is 0 Å². The predicted molar refractivity (Wildman–Crippen MR) is 100 cm³/mol. The maximum Gasteiger partial charge on any atom is 0.245 e. The van der Waals surface area contributed by atoms with Crippen LogP contribution >= 0.6 is 0 Å². The first kappa shape index (κ1) is 13.9. The van der Waals surface area contributed by atoms with Gasteiger partial charge in [-0.05, 0) is 22.9 Å². The van der Waals surface area contributed by atoms with Crippen molar-refractivity contribution in [3.8, 4) is 22.9 Å². The molecule has 2 heterocycles. The van der Waals surface area contributed by atoms with Gasteiger partial charge >= 0.3 is 0 Å². The average Bonchev–Trinajstić information content (AvgIpc) is 3.17. The summed E-state index contributed by atoms with van der Waals surface area (Å²) < 4.78 is 6.04. The highest BCUT2D eigenvalue weighted by molar-refractivity contribution is 5.95. The summed E-state index contributed by atoms with van der Waals surface area (Å²) in [5, 5.41) is 3.44. The van der Waals surface area contributed by atoms with E-state index in [4.69, 9.17) is 4.42 Å². The van der Waals surface area contributed by atoms with Gasteiger partial charge < -0.3 is 4.42 Å². The summed E-state index contributed by atoms with van der Waals surface area (Å²) in [4.78, 5) is 9.11. The molecule has 0 N–H and O–H groups in total. The Balaban J connectivity index is 1.62. The third kappa shape index (κ3) is 2.37. The summed E-state index contributed by atoms with van der Waals surface area (Å²) in [6.07, 6.45) is 1.77. The van der Waals surface area contributed by atoms with Gasteiger partial charge in [-0.25, -0.2) is 9.97 Å². The lowest BCUT2D eigenvalue weighted by molar-refractivity contribution is 0.587. The lowest BCUT2D eigenvalue weighted by atomic mass is 10.0. The van der Waals surface area contributed by atoms with Gasteiger partial charge in [0.15, 0.2) is 5.76 Å². The number of benzene rings is 3. The number of hydrogen-bond donors (Lipinski definition) is 0.